The van der Waals surface area contributed by atoms with Crippen molar-refractivity contribution in [2.45, 2.75) is 33.2 Å². The van der Waals surface area contributed by atoms with E-state index < -0.39 is 23.9 Å². The van der Waals surface area contributed by atoms with Crippen molar-refractivity contribution in [3.05, 3.63) is 28.7 Å². The molecule has 2 atom stereocenters. The highest BCUT2D eigenvalue weighted by molar-refractivity contribution is 9.10. The lowest BCUT2D eigenvalue weighted by Crippen LogP contribution is -2.51. The topological polar surface area (TPSA) is 122 Å². The summed E-state index contributed by atoms with van der Waals surface area (Å²) in [6, 6.07) is 6.15. The number of ether oxygens (including phenoxy) is 1. The maximum absolute atomic E-state index is 12.8. The maximum Gasteiger partial charge on any atom is 0.325 e. The molecule has 30 heavy (non-hydrogen) atoms. The van der Waals surface area contributed by atoms with E-state index in [9.17, 15) is 14.4 Å². The van der Waals surface area contributed by atoms with E-state index in [1.54, 1.807) is 6.92 Å². The van der Waals surface area contributed by atoms with E-state index in [2.05, 4.69) is 42.1 Å². The molecule has 11 heteroatoms. The highest BCUT2D eigenvalue weighted by atomic mass is 79.9. The Labute approximate surface area is 187 Å². The van der Waals surface area contributed by atoms with Gasteiger partial charge in [0.05, 0.1) is 6.61 Å². The van der Waals surface area contributed by atoms with Crippen LogP contribution >= 0.6 is 27.3 Å². The van der Waals surface area contributed by atoms with Crippen molar-refractivity contribution >= 4 is 50.3 Å². The first kappa shape index (κ1) is 23.7. The van der Waals surface area contributed by atoms with Gasteiger partial charge in [0.15, 0.2) is 0 Å². The zero-order valence-corrected chi connectivity index (χ0v) is 19.3. The third-order valence-electron chi connectivity index (χ3n) is 4.23. The van der Waals surface area contributed by atoms with Crippen LogP contribution in [-0.2, 0) is 14.3 Å². The van der Waals surface area contributed by atoms with Crippen molar-refractivity contribution < 1.29 is 19.1 Å². The van der Waals surface area contributed by atoms with E-state index in [0.29, 0.717) is 16.6 Å². The minimum absolute atomic E-state index is 0.141. The molecule has 2 rings (SSSR count). The smallest absolute Gasteiger partial charge is 0.325 e. The summed E-state index contributed by atoms with van der Waals surface area (Å²) in [5, 5.41) is 16.8. The van der Waals surface area contributed by atoms with Gasteiger partial charge in [-0.05, 0) is 25.0 Å². The van der Waals surface area contributed by atoms with Crippen molar-refractivity contribution in [1.29, 1.82) is 0 Å². The fourth-order valence-corrected chi connectivity index (χ4v) is 3.44. The molecule has 0 unspecified atom stereocenters. The SMILES string of the molecule is CCOC(=O)CNC(=O)N[C@@H](C(=O)Nc1nnc(-c2ccc(Br)cc2)s1)[C@H](C)CC. The van der Waals surface area contributed by atoms with Gasteiger partial charge < -0.3 is 15.4 Å². The molecular weight excluding hydrogens is 474 g/mol. The van der Waals surface area contributed by atoms with Gasteiger partial charge >= 0.3 is 12.0 Å². The molecule has 0 fully saturated rings. The van der Waals surface area contributed by atoms with Crippen LogP contribution < -0.4 is 16.0 Å². The van der Waals surface area contributed by atoms with Crippen LogP contribution in [0.3, 0.4) is 0 Å². The average molecular weight is 498 g/mol. The van der Waals surface area contributed by atoms with Gasteiger partial charge in [-0.25, -0.2) is 4.79 Å². The predicted molar refractivity (Wildman–Crippen MR) is 118 cm³/mol. The number of hydrogen-bond acceptors (Lipinski definition) is 7. The summed E-state index contributed by atoms with van der Waals surface area (Å²) >= 11 is 4.62. The number of halogens is 1. The van der Waals surface area contributed by atoms with Gasteiger partial charge in [0.1, 0.15) is 17.6 Å². The summed E-state index contributed by atoms with van der Waals surface area (Å²) in [5.41, 5.74) is 0.881. The number of carbonyl (C=O) groups excluding carboxylic acids is 3. The van der Waals surface area contributed by atoms with Crippen molar-refractivity contribution in [2.24, 2.45) is 5.92 Å². The first-order valence-corrected chi connectivity index (χ1v) is 11.0. The van der Waals surface area contributed by atoms with Crippen molar-refractivity contribution in [1.82, 2.24) is 20.8 Å². The summed E-state index contributed by atoms with van der Waals surface area (Å²) in [6.45, 7) is 5.39. The molecule has 0 bridgehead atoms. The molecular formula is C19H24BrN5O4S. The van der Waals surface area contributed by atoms with E-state index in [4.69, 9.17) is 4.74 Å². The van der Waals surface area contributed by atoms with Gasteiger partial charge in [-0.1, -0.05) is 59.7 Å². The van der Waals surface area contributed by atoms with Crippen molar-refractivity contribution in [3.63, 3.8) is 0 Å². The predicted octanol–water partition coefficient (Wildman–Crippen LogP) is 3.18. The molecule has 0 saturated heterocycles. The van der Waals surface area contributed by atoms with Gasteiger partial charge in [-0.2, -0.15) is 0 Å². The molecule has 0 aliphatic carbocycles. The van der Waals surface area contributed by atoms with Crippen LogP contribution in [0.5, 0.6) is 0 Å². The summed E-state index contributed by atoms with van der Waals surface area (Å²) in [7, 11) is 0. The summed E-state index contributed by atoms with van der Waals surface area (Å²) in [6.07, 6.45) is 0.663. The van der Waals surface area contributed by atoms with Gasteiger partial charge in [0.25, 0.3) is 0 Å². The number of nitrogens with zero attached hydrogens (tertiary/aromatic N) is 2. The number of esters is 1. The number of hydrogen-bond donors (Lipinski definition) is 3. The Bertz CT molecular complexity index is 874. The largest absolute Gasteiger partial charge is 0.465 e. The van der Waals surface area contributed by atoms with Crippen LogP contribution in [0.2, 0.25) is 0 Å². The third kappa shape index (κ3) is 7.06. The fourth-order valence-electron chi connectivity index (χ4n) is 2.42. The molecule has 162 valence electrons. The number of rotatable bonds is 9. The van der Waals surface area contributed by atoms with Gasteiger partial charge in [0, 0.05) is 10.0 Å². The molecule has 0 radical (unpaired) electrons. The average Bonchev–Trinajstić information content (AvgIpc) is 3.19. The van der Waals surface area contributed by atoms with E-state index in [1.165, 1.54) is 11.3 Å². The van der Waals surface area contributed by atoms with Gasteiger partial charge in [0.2, 0.25) is 11.0 Å². The van der Waals surface area contributed by atoms with E-state index >= 15 is 0 Å². The van der Waals surface area contributed by atoms with Crippen LogP contribution in [-0.4, -0.2) is 47.3 Å². The monoisotopic (exact) mass is 497 g/mol. The number of nitrogens with one attached hydrogen (secondary N) is 3. The second-order valence-electron chi connectivity index (χ2n) is 6.40. The summed E-state index contributed by atoms with van der Waals surface area (Å²) < 4.78 is 5.71. The molecule has 3 N–H and O–H groups in total. The molecule has 9 nitrogen and oxygen atoms in total. The second kappa shape index (κ2) is 11.6. The number of benzene rings is 1. The Kier molecular flexibility index (Phi) is 9.18. The number of carbonyl (C=O) groups is 3. The molecule has 1 aromatic carbocycles. The molecule has 2 aromatic rings. The number of urea groups is 1. The summed E-state index contributed by atoms with van der Waals surface area (Å²) in [5.74, 6) is -1.10. The molecule has 1 heterocycles. The molecule has 0 spiro atoms. The Morgan fingerprint density at radius 2 is 1.87 bits per heavy atom. The minimum atomic E-state index is -0.808. The third-order valence-corrected chi connectivity index (χ3v) is 5.64. The molecule has 3 amide bonds. The van der Waals surface area contributed by atoms with Crippen LogP contribution in [0.4, 0.5) is 9.93 Å². The number of anilines is 1. The first-order chi connectivity index (χ1) is 14.3. The van der Waals surface area contributed by atoms with E-state index in [0.717, 1.165) is 10.0 Å². The zero-order valence-electron chi connectivity index (χ0n) is 16.9. The van der Waals surface area contributed by atoms with Crippen LogP contribution in [0.1, 0.15) is 27.2 Å². The number of amides is 3. The highest BCUT2D eigenvalue weighted by Gasteiger charge is 2.27. The zero-order chi connectivity index (χ0) is 22.1. The maximum atomic E-state index is 12.8. The lowest BCUT2D eigenvalue weighted by molar-refractivity contribution is -0.141. The number of aromatic nitrogens is 2. The Morgan fingerprint density at radius 1 is 1.17 bits per heavy atom. The van der Waals surface area contributed by atoms with E-state index in [-0.39, 0.29) is 19.1 Å². The van der Waals surface area contributed by atoms with Gasteiger partial charge in [-0.15, -0.1) is 10.2 Å². The highest BCUT2D eigenvalue weighted by Crippen LogP contribution is 2.27. The van der Waals surface area contributed by atoms with Crippen molar-refractivity contribution in [2.75, 3.05) is 18.5 Å². The molecule has 0 aliphatic rings. The summed E-state index contributed by atoms with van der Waals surface area (Å²) in [4.78, 5) is 36.3. The standard InChI is InChI=1S/C19H24BrN5O4S/c1-4-11(3)15(22-18(28)21-10-14(26)29-5-2)16(27)23-19-25-24-17(30-19)12-6-8-13(20)9-7-12/h6-9,11,15H,4-5,10H2,1-3H3,(H2,21,22,28)(H,23,25,27)/t11-,15-/m1/s1. The van der Waals surface area contributed by atoms with Gasteiger partial charge in [-0.3, -0.25) is 14.9 Å². The first-order valence-electron chi connectivity index (χ1n) is 9.44. The minimum Gasteiger partial charge on any atom is -0.465 e. The van der Waals surface area contributed by atoms with Crippen LogP contribution in [0.15, 0.2) is 28.7 Å². The van der Waals surface area contributed by atoms with Crippen molar-refractivity contribution in [3.8, 4) is 10.6 Å². The lowest BCUT2D eigenvalue weighted by atomic mass is 9.98. The fraction of sp³-hybridized carbons (Fsp3) is 0.421. The lowest BCUT2D eigenvalue weighted by Gasteiger charge is -2.23. The normalized spacial score (nSPS) is 12.5. The molecule has 0 saturated carbocycles. The van der Waals surface area contributed by atoms with E-state index in [1.807, 2.05) is 38.1 Å². The molecule has 1 aromatic heterocycles. The quantitative estimate of drug-likeness (QED) is 0.457. The second-order valence-corrected chi connectivity index (χ2v) is 8.30. The Morgan fingerprint density at radius 3 is 2.50 bits per heavy atom. The Balaban J connectivity index is 2.00. The molecule has 0 aliphatic heterocycles. The van der Waals surface area contributed by atoms with Crippen LogP contribution in [0, 0.1) is 5.92 Å². The Hall–Kier alpha value is -2.53. The van der Waals surface area contributed by atoms with Crippen LogP contribution in [0.25, 0.3) is 10.6 Å².